The molecule has 1 saturated heterocycles. The first kappa shape index (κ1) is 11.7. The number of thioether (sulfide) groups is 1. The molecule has 2 rings (SSSR count). The van der Waals surface area contributed by atoms with Gasteiger partial charge in [0.2, 0.25) is 0 Å². The van der Waals surface area contributed by atoms with Crippen molar-refractivity contribution in [2.75, 3.05) is 19.8 Å². The fourth-order valence-corrected chi connectivity index (χ4v) is 3.91. The van der Waals surface area contributed by atoms with Crippen LogP contribution in [0.1, 0.15) is 39.0 Å². The molecule has 1 aliphatic carbocycles. The Labute approximate surface area is 97.5 Å². The Kier molecular flexibility index (Phi) is 4.79. The summed E-state index contributed by atoms with van der Waals surface area (Å²) >= 11 is 2.18. The standard InChI is InChI=1S/C12H23NOS/c1-2-6-13-10-4-3-5-11(7-10)15-12-8-14-9-12/h10-13H,2-9H2,1H3. The molecule has 0 radical (unpaired) electrons. The van der Waals surface area contributed by atoms with E-state index in [1.54, 1.807) is 0 Å². The maximum Gasteiger partial charge on any atom is 0.0608 e. The average Bonchev–Trinajstić information content (AvgIpc) is 2.21. The van der Waals surface area contributed by atoms with Gasteiger partial charge in [-0.2, -0.15) is 11.8 Å². The summed E-state index contributed by atoms with van der Waals surface area (Å²) in [5.41, 5.74) is 0. The minimum atomic E-state index is 0.789. The second kappa shape index (κ2) is 6.12. The number of hydrogen-bond donors (Lipinski definition) is 1. The first-order valence-electron chi connectivity index (χ1n) is 6.35. The highest BCUT2D eigenvalue weighted by Crippen LogP contribution is 2.33. The van der Waals surface area contributed by atoms with Crippen molar-refractivity contribution in [2.45, 2.75) is 55.6 Å². The monoisotopic (exact) mass is 229 g/mol. The van der Waals surface area contributed by atoms with Gasteiger partial charge in [-0.15, -0.1) is 0 Å². The largest absolute Gasteiger partial charge is 0.379 e. The second-order valence-corrected chi connectivity index (χ2v) is 6.34. The van der Waals surface area contributed by atoms with Crippen molar-refractivity contribution in [1.82, 2.24) is 5.32 Å². The Balaban J connectivity index is 1.66. The Morgan fingerprint density at radius 1 is 1.27 bits per heavy atom. The van der Waals surface area contributed by atoms with E-state index in [-0.39, 0.29) is 0 Å². The van der Waals surface area contributed by atoms with Crippen molar-refractivity contribution >= 4 is 11.8 Å². The molecule has 2 atom stereocenters. The van der Waals surface area contributed by atoms with Gasteiger partial charge in [0.05, 0.1) is 18.5 Å². The summed E-state index contributed by atoms with van der Waals surface area (Å²) < 4.78 is 5.23. The van der Waals surface area contributed by atoms with Gasteiger partial charge in [-0.05, 0) is 32.2 Å². The number of rotatable bonds is 5. The van der Waals surface area contributed by atoms with Crippen molar-refractivity contribution in [1.29, 1.82) is 0 Å². The van der Waals surface area contributed by atoms with E-state index in [0.29, 0.717) is 0 Å². The minimum Gasteiger partial charge on any atom is -0.379 e. The smallest absolute Gasteiger partial charge is 0.0608 e. The van der Waals surface area contributed by atoms with Gasteiger partial charge in [0.15, 0.2) is 0 Å². The summed E-state index contributed by atoms with van der Waals surface area (Å²) in [6.45, 7) is 5.42. The summed E-state index contributed by atoms with van der Waals surface area (Å²) in [5, 5.41) is 5.36. The molecule has 0 amide bonds. The van der Waals surface area contributed by atoms with Crippen molar-refractivity contribution in [3.05, 3.63) is 0 Å². The molecule has 1 aliphatic heterocycles. The fraction of sp³-hybridized carbons (Fsp3) is 1.00. The summed E-state index contributed by atoms with van der Waals surface area (Å²) in [5.74, 6) is 0. The third-order valence-electron chi connectivity index (χ3n) is 3.30. The molecular weight excluding hydrogens is 206 g/mol. The lowest BCUT2D eigenvalue weighted by Gasteiger charge is -2.34. The van der Waals surface area contributed by atoms with Crippen molar-refractivity contribution < 1.29 is 4.74 Å². The molecule has 1 N–H and O–H groups in total. The Bertz CT molecular complexity index is 184. The highest BCUT2D eigenvalue weighted by Gasteiger charge is 2.27. The van der Waals surface area contributed by atoms with Crippen LogP contribution in [0.25, 0.3) is 0 Å². The molecule has 1 heterocycles. The molecule has 1 saturated carbocycles. The summed E-state index contributed by atoms with van der Waals surface area (Å²) in [4.78, 5) is 0. The van der Waals surface area contributed by atoms with Crippen molar-refractivity contribution in [3.8, 4) is 0 Å². The number of hydrogen-bond acceptors (Lipinski definition) is 3. The molecule has 2 fully saturated rings. The van der Waals surface area contributed by atoms with Crippen LogP contribution in [0.2, 0.25) is 0 Å². The van der Waals surface area contributed by atoms with Crippen LogP contribution >= 0.6 is 11.8 Å². The van der Waals surface area contributed by atoms with Crippen LogP contribution in [-0.4, -0.2) is 36.3 Å². The van der Waals surface area contributed by atoms with E-state index in [4.69, 9.17) is 4.74 Å². The molecule has 0 bridgehead atoms. The normalized spacial score (nSPS) is 32.6. The highest BCUT2D eigenvalue weighted by molar-refractivity contribution is 8.00. The lowest BCUT2D eigenvalue weighted by Crippen LogP contribution is -2.38. The SMILES string of the molecule is CCCNC1CCCC(SC2COC2)C1. The molecule has 88 valence electrons. The third kappa shape index (κ3) is 3.65. The Hall–Kier alpha value is 0.270. The highest BCUT2D eigenvalue weighted by atomic mass is 32.2. The molecule has 0 aromatic carbocycles. The third-order valence-corrected chi connectivity index (χ3v) is 4.77. The van der Waals surface area contributed by atoms with Gasteiger partial charge in [-0.25, -0.2) is 0 Å². The maximum absolute atomic E-state index is 5.23. The van der Waals surface area contributed by atoms with E-state index in [1.807, 2.05) is 0 Å². The van der Waals surface area contributed by atoms with Gasteiger partial charge in [0.25, 0.3) is 0 Å². The molecule has 2 nitrogen and oxygen atoms in total. The van der Waals surface area contributed by atoms with Gasteiger partial charge in [0, 0.05) is 11.3 Å². The van der Waals surface area contributed by atoms with E-state index in [1.165, 1.54) is 38.6 Å². The van der Waals surface area contributed by atoms with Gasteiger partial charge in [0.1, 0.15) is 0 Å². The quantitative estimate of drug-likeness (QED) is 0.782. The summed E-state index contributed by atoms with van der Waals surface area (Å²) in [6, 6.07) is 0.789. The topological polar surface area (TPSA) is 21.3 Å². The summed E-state index contributed by atoms with van der Waals surface area (Å²) in [7, 11) is 0. The van der Waals surface area contributed by atoms with Crippen LogP contribution in [0.5, 0.6) is 0 Å². The summed E-state index contributed by atoms with van der Waals surface area (Å²) in [6.07, 6.45) is 6.85. The van der Waals surface area contributed by atoms with Gasteiger partial charge < -0.3 is 10.1 Å². The van der Waals surface area contributed by atoms with Crippen molar-refractivity contribution in [2.24, 2.45) is 0 Å². The van der Waals surface area contributed by atoms with Crippen LogP contribution in [-0.2, 0) is 4.74 Å². The number of nitrogens with one attached hydrogen (secondary N) is 1. The molecule has 2 unspecified atom stereocenters. The predicted molar refractivity (Wildman–Crippen MR) is 66.5 cm³/mol. The van der Waals surface area contributed by atoms with E-state index in [0.717, 1.165) is 29.8 Å². The van der Waals surface area contributed by atoms with Crippen LogP contribution < -0.4 is 5.32 Å². The van der Waals surface area contributed by atoms with E-state index in [2.05, 4.69) is 24.0 Å². The van der Waals surface area contributed by atoms with Crippen LogP contribution in [0.3, 0.4) is 0 Å². The zero-order valence-electron chi connectivity index (χ0n) is 9.71. The van der Waals surface area contributed by atoms with E-state index in [9.17, 15) is 0 Å². The molecule has 15 heavy (non-hydrogen) atoms. The van der Waals surface area contributed by atoms with Gasteiger partial charge >= 0.3 is 0 Å². The Morgan fingerprint density at radius 3 is 2.80 bits per heavy atom. The van der Waals surface area contributed by atoms with Crippen LogP contribution in [0.15, 0.2) is 0 Å². The average molecular weight is 229 g/mol. The molecule has 0 aromatic heterocycles. The van der Waals surface area contributed by atoms with Crippen molar-refractivity contribution in [3.63, 3.8) is 0 Å². The van der Waals surface area contributed by atoms with Crippen LogP contribution in [0.4, 0.5) is 0 Å². The molecule has 2 aliphatic rings. The zero-order valence-corrected chi connectivity index (χ0v) is 10.5. The van der Waals surface area contributed by atoms with Crippen LogP contribution in [0, 0.1) is 0 Å². The Morgan fingerprint density at radius 2 is 2.13 bits per heavy atom. The minimum absolute atomic E-state index is 0.789. The van der Waals surface area contributed by atoms with E-state index >= 15 is 0 Å². The van der Waals surface area contributed by atoms with E-state index < -0.39 is 0 Å². The zero-order chi connectivity index (χ0) is 10.5. The number of ether oxygens (including phenoxy) is 1. The molecule has 3 heteroatoms. The first-order chi connectivity index (χ1) is 7.38. The maximum atomic E-state index is 5.23. The molecular formula is C12H23NOS. The predicted octanol–water partition coefficient (Wildman–Crippen LogP) is 2.43. The lowest BCUT2D eigenvalue weighted by atomic mass is 9.95. The first-order valence-corrected chi connectivity index (χ1v) is 7.29. The lowest BCUT2D eigenvalue weighted by molar-refractivity contribution is 0.0451. The molecule has 0 aromatic rings. The van der Waals surface area contributed by atoms with Gasteiger partial charge in [-0.1, -0.05) is 13.3 Å². The second-order valence-electron chi connectivity index (χ2n) is 4.74. The fourth-order valence-electron chi connectivity index (χ4n) is 2.37. The van der Waals surface area contributed by atoms with Gasteiger partial charge in [-0.3, -0.25) is 0 Å². The molecule has 0 spiro atoms.